The van der Waals surface area contributed by atoms with Gasteiger partial charge in [-0.2, -0.15) is 26.3 Å². The maximum atomic E-state index is 13.3. The number of nitrogens with zero attached hydrogens (tertiary/aromatic N) is 4. The Kier molecular flexibility index (Phi) is 6.02. The highest BCUT2D eigenvalue weighted by molar-refractivity contribution is 5.93. The molecule has 0 bridgehead atoms. The number of fused-ring (bicyclic) bond motifs is 1. The van der Waals surface area contributed by atoms with Gasteiger partial charge in [0.15, 0.2) is 0 Å². The van der Waals surface area contributed by atoms with E-state index in [9.17, 15) is 35.9 Å². The number of pyridine rings is 1. The predicted octanol–water partition coefficient (Wildman–Crippen LogP) is 4.51. The molecule has 1 aliphatic rings. The number of aromatic nitrogens is 3. The summed E-state index contributed by atoms with van der Waals surface area (Å²) in [5.74, 6) is -0.607. The zero-order valence-corrected chi connectivity index (χ0v) is 18.6. The van der Waals surface area contributed by atoms with Gasteiger partial charge in [0.1, 0.15) is 11.4 Å². The Balaban J connectivity index is 1.68. The lowest BCUT2D eigenvalue weighted by molar-refractivity contribution is -0.138. The smallest absolute Gasteiger partial charge is 0.329 e. The Morgan fingerprint density at radius 2 is 1.71 bits per heavy atom. The van der Waals surface area contributed by atoms with Crippen LogP contribution >= 0.6 is 0 Å². The predicted molar refractivity (Wildman–Crippen MR) is 113 cm³/mol. The van der Waals surface area contributed by atoms with E-state index in [0.717, 1.165) is 12.1 Å². The van der Waals surface area contributed by atoms with E-state index < -0.39 is 47.4 Å². The lowest BCUT2D eigenvalue weighted by Crippen LogP contribution is -2.49. The first kappa shape index (κ1) is 24.6. The summed E-state index contributed by atoms with van der Waals surface area (Å²) in [6.45, 7) is 3.09. The molecular formula is C23H20F6N4O2. The van der Waals surface area contributed by atoms with Gasteiger partial charge >= 0.3 is 12.4 Å². The fourth-order valence-corrected chi connectivity index (χ4v) is 4.17. The SMILES string of the molecule is Cc1cn(-c2ccc3n(c2=O)C[C@@H](C)N(Cc2cc(CC(F)(F)F)cc(C(F)(F)F)c2)C3=O)cn1. The van der Waals surface area contributed by atoms with Gasteiger partial charge in [0, 0.05) is 25.3 Å². The van der Waals surface area contributed by atoms with E-state index in [2.05, 4.69) is 4.98 Å². The Labute approximate surface area is 195 Å². The van der Waals surface area contributed by atoms with E-state index >= 15 is 0 Å². The number of benzene rings is 1. The van der Waals surface area contributed by atoms with Gasteiger partial charge in [0.05, 0.1) is 24.0 Å². The number of aryl methyl sites for hydroxylation is 1. The highest BCUT2D eigenvalue weighted by Gasteiger charge is 2.35. The number of hydrogen-bond donors (Lipinski definition) is 0. The molecule has 1 atom stereocenters. The Morgan fingerprint density at radius 1 is 1.03 bits per heavy atom. The van der Waals surface area contributed by atoms with Gasteiger partial charge in [-0.1, -0.05) is 6.07 Å². The number of amides is 1. The molecule has 3 heterocycles. The highest BCUT2D eigenvalue weighted by atomic mass is 19.4. The molecular weight excluding hydrogens is 478 g/mol. The van der Waals surface area contributed by atoms with Gasteiger partial charge in [-0.05, 0) is 49.2 Å². The molecule has 3 aromatic rings. The van der Waals surface area contributed by atoms with Gasteiger partial charge < -0.3 is 14.0 Å². The van der Waals surface area contributed by atoms with Crippen molar-refractivity contribution in [3.05, 3.63) is 81.3 Å². The third-order valence-electron chi connectivity index (χ3n) is 5.74. The second-order valence-electron chi connectivity index (χ2n) is 8.55. The van der Waals surface area contributed by atoms with Crippen molar-refractivity contribution in [2.24, 2.45) is 0 Å². The number of carbonyl (C=O) groups is 1. The minimum absolute atomic E-state index is 0.0381. The minimum Gasteiger partial charge on any atom is -0.329 e. The van der Waals surface area contributed by atoms with Crippen LogP contribution in [0.1, 0.15) is 39.8 Å². The summed E-state index contributed by atoms with van der Waals surface area (Å²) in [7, 11) is 0. The number of halogens is 6. The Bertz CT molecular complexity index is 1340. The number of rotatable bonds is 4. The molecule has 1 aliphatic heterocycles. The van der Waals surface area contributed by atoms with Crippen molar-refractivity contribution in [1.29, 1.82) is 0 Å². The summed E-state index contributed by atoms with van der Waals surface area (Å²) in [4.78, 5) is 31.5. The molecule has 0 N–H and O–H groups in total. The normalized spacial score (nSPS) is 16.5. The maximum Gasteiger partial charge on any atom is 0.416 e. The van der Waals surface area contributed by atoms with Crippen molar-refractivity contribution in [3.63, 3.8) is 0 Å². The van der Waals surface area contributed by atoms with Crippen LogP contribution in [-0.4, -0.2) is 37.1 Å². The molecule has 1 amide bonds. The summed E-state index contributed by atoms with van der Waals surface area (Å²) < 4.78 is 81.4. The quantitative estimate of drug-likeness (QED) is 0.498. The number of alkyl halides is 6. The van der Waals surface area contributed by atoms with Crippen LogP contribution in [-0.2, 0) is 25.7 Å². The van der Waals surface area contributed by atoms with Crippen molar-refractivity contribution in [1.82, 2.24) is 19.0 Å². The first-order chi connectivity index (χ1) is 16.2. The van der Waals surface area contributed by atoms with Crippen LogP contribution in [0, 0.1) is 6.92 Å². The molecule has 0 spiro atoms. The molecule has 0 unspecified atom stereocenters. The molecule has 0 fully saturated rings. The molecule has 0 aliphatic carbocycles. The fourth-order valence-electron chi connectivity index (χ4n) is 4.17. The second-order valence-corrected chi connectivity index (χ2v) is 8.55. The largest absolute Gasteiger partial charge is 0.416 e. The molecule has 0 radical (unpaired) electrons. The summed E-state index contributed by atoms with van der Waals surface area (Å²) in [6, 6.07) is 4.52. The van der Waals surface area contributed by atoms with Gasteiger partial charge in [0.2, 0.25) is 0 Å². The first-order valence-corrected chi connectivity index (χ1v) is 10.6. The van der Waals surface area contributed by atoms with Crippen molar-refractivity contribution in [3.8, 4) is 5.69 Å². The van der Waals surface area contributed by atoms with Crippen LogP contribution in [0.5, 0.6) is 0 Å². The van der Waals surface area contributed by atoms with Crippen LogP contribution in [0.25, 0.3) is 5.69 Å². The summed E-state index contributed by atoms with van der Waals surface area (Å²) in [5.41, 5.74) is -1.28. The van der Waals surface area contributed by atoms with E-state index in [1.54, 1.807) is 20.0 Å². The molecule has 6 nitrogen and oxygen atoms in total. The minimum atomic E-state index is -4.85. The molecule has 186 valence electrons. The number of hydrogen-bond acceptors (Lipinski definition) is 3. The van der Waals surface area contributed by atoms with Gasteiger partial charge in [-0.25, -0.2) is 4.98 Å². The van der Waals surface area contributed by atoms with E-state index in [1.807, 2.05) is 0 Å². The van der Waals surface area contributed by atoms with Crippen molar-refractivity contribution < 1.29 is 31.1 Å². The molecule has 2 aromatic heterocycles. The zero-order valence-electron chi connectivity index (χ0n) is 18.6. The average molecular weight is 498 g/mol. The molecule has 1 aromatic carbocycles. The van der Waals surface area contributed by atoms with Crippen LogP contribution in [0.2, 0.25) is 0 Å². The summed E-state index contributed by atoms with van der Waals surface area (Å²) >= 11 is 0. The zero-order chi connectivity index (χ0) is 25.7. The van der Waals surface area contributed by atoms with Crippen LogP contribution in [0.3, 0.4) is 0 Å². The van der Waals surface area contributed by atoms with Gasteiger partial charge in [-0.15, -0.1) is 0 Å². The average Bonchev–Trinajstić information content (AvgIpc) is 3.16. The standard InChI is InChI=1S/C23H20F6N4O2/c1-13-9-31(12-30-13)18-3-4-19-21(35)32(14(2)10-33(19)20(18)34)11-16-5-15(8-22(24,25)26)6-17(7-16)23(27,28)29/h3-7,9,12,14H,8,10-11H2,1-2H3/t14-/m1/s1. The highest BCUT2D eigenvalue weighted by Crippen LogP contribution is 2.33. The molecule has 0 saturated heterocycles. The molecule has 4 rings (SSSR count). The van der Waals surface area contributed by atoms with Crippen LogP contribution in [0.4, 0.5) is 26.3 Å². The lowest BCUT2D eigenvalue weighted by atomic mass is 10.0. The van der Waals surface area contributed by atoms with Crippen LogP contribution in [0.15, 0.2) is 47.7 Å². The fraction of sp³-hybridized carbons (Fsp3) is 0.348. The van der Waals surface area contributed by atoms with Crippen molar-refractivity contribution in [2.75, 3.05) is 0 Å². The molecule has 35 heavy (non-hydrogen) atoms. The van der Waals surface area contributed by atoms with E-state index in [4.69, 9.17) is 0 Å². The van der Waals surface area contributed by atoms with Crippen molar-refractivity contribution >= 4 is 5.91 Å². The van der Waals surface area contributed by atoms with E-state index in [0.29, 0.717) is 11.8 Å². The lowest BCUT2D eigenvalue weighted by Gasteiger charge is -2.35. The molecule has 0 saturated carbocycles. The number of imidazole rings is 1. The van der Waals surface area contributed by atoms with Gasteiger partial charge in [-0.3, -0.25) is 9.59 Å². The Hall–Kier alpha value is -3.57. The van der Waals surface area contributed by atoms with Crippen LogP contribution < -0.4 is 5.56 Å². The monoisotopic (exact) mass is 498 g/mol. The third kappa shape index (κ3) is 5.10. The summed E-state index contributed by atoms with van der Waals surface area (Å²) in [5, 5.41) is 0. The van der Waals surface area contributed by atoms with E-state index in [-0.39, 0.29) is 30.0 Å². The topological polar surface area (TPSA) is 60.1 Å². The first-order valence-electron chi connectivity index (χ1n) is 10.6. The van der Waals surface area contributed by atoms with Gasteiger partial charge in [0.25, 0.3) is 11.5 Å². The third-order valence-corrected chi connectivity index (χ3v) is 5.74. The van der Waals surface area contributed by atoms with E-state index in [1.165, 1.54) is 32.5 Å². The summed E-state index contributed by atoms with van der Waals surface area (Å²) in [6.07, 6.45) is -7.96. The second kappa shape index (κ2) is 8.58. The number of carbonyl (C=O) groups excluding carboxylic acids is 1. The van der Waals surface area contributed by atoms with Crippen molar-refractivity contribution in [2.45, 2.75) is 51.8 Å². The Morgan fingerprint density at radius 3 is 2.31 bits per heavy atom. The maximum absolute atomic E-state index is 13.3. The molecule has 12 heteroatoms.